The Balaban J connectivity index is 2.09. The largest absolute Gasteiger partial charge is 0.384 e. The summed E-state index contributed by atoms with van der Waals surface area (Å²) in [6.07, 6.45) is 2.52. The normalized spacial score (nSPS) is 23.2. The van der Waals surface area contributed by atoms with Gasteiger partial charge in [-0.2, -0.15) is 5.10 Å². The van der Waals surface area contributed by atoms with E-state index in [4.69, 9.17) is 5.73 Å². The maximum absolute atomic E-state index is 5.80. The Kier molecular flexibility index (Phi) is 2.95. The van der Waals surface area contributed by atoms with Crippen molar-refractivity contribution in [3.63, 3.8) is 0 Å². The number of nitrogens with zero attached hydrogens (tertiary/aromatic N) is 3. The van der Waals surface area contributed by atoms with Crippen molar-refractivity contribution in [3.8, 4) is 0 Å². The van der Waals surface area contributed by atoms with Crippen LogP contribution in [0.5, 0.6) is 0 Å². The molecule has 0 radical (unpaired) electrons. The second-order valence-corrected chi connectivity index (χ2v) is 4.35. The molecule has 1 aliphatic rings. The maximum Gasteiger partial charge on any atom is 0.121 e. The first kappa shape index (κ1) is 10.5. The van der Waals surface area contributed by atoms with Gasteiger partial charge in [-0.3, -0.25) is 4.68 Å². The second kappa shape index (κ2) is 4.23. The molecular weight excluding hydrogens is 188 g/mol. The Morgan fingerprint density at radius 1 is 1.60 bits per heavy atom. The van der Waals surface area contributed by atoms with Gasteiger partial charge in [0.2, 0.25) is 0 Å². The van der Waals surface area contributed by atoms with Crippen molar-refractivity contribution in [1.82, 2.24) is 14.7 Å². The number of nitrogen functional groups attached to an aromatic ring is 1. The molecule has 84 valence electrons. The number of rotatable bonds is 2. The molecule has 0 spiro atoms. The SMILES string of the molecule is CCN1CCCC(c2cc(N)n(C)n2)C1. The van der Waals surface area contributed by atoms with Crippen molar-refractivity contribution in [3.05, 3.63) is 11.8 Å². The molecule has 0 bridgehead atoms. The molecule has 15 heavy (non-hydrogen) atoms. The molecule has 1 fully saturated rings. The van der Waals surface area contributed by atoms with E-state index in [9.17, 15) is 0 Å². The lowest BCUT2D eigenvalue weighted by Gasteiger charge is -2.30. The van der Waals surface area contributed by atoms with Gasteiger partial charge in [0.1, 0.15) is 5.82 Å². The monoisotopic (exact) mass is 208 g/mol. The fourth-order valence-corrected chi connectivity index (χ4v) is 2.29. The molecule has 1 aliphatic heterocycles. The molecule has 0 aromatic carbocycles. The van der Waals surface area contributed by atoms with E-state index in [-0.39, 0.29) is 0 Å². The van der Waals surface area contributed by atoms with Crippen LogP contribution in [0.1, 0.15) is 31.4 Å². The summed E-state index contributed by atoms with van der Waals surface area (Å²) in [7, 11) is 1.90. The van der Waals surface area contributed by atoms with Crippen molar-refractivity contribution in [2.24, 2.45) is 7.05 Å². The van der Waals surface area contributed by atoms with E-state index < -0.39 is 0 Å². The number of nitrogens with two attached hydrogens (primary N) is 1. The molecular formula is C11H20N4. The highest BCUT2D eigenvalue weighted by atomic mass is 15.3. The molecule has 2 N–H and O–H groups in total. The van der Waals surface area contributed by atoms with Gasteiger partial charge in [-0.25, -0.2) is 0 Å². The zero-order valence-electron chi connectivity index (χ0n) is 9.61. The number of aryl methyl sites for hydroxylation is 1. The average Bonchev–Trinajstić information content (AvgIpc) is 2.59. The lowest BCUT2D eigenvalue weighted by atomic mass is 9.95. The van der Waals surface area contributed by atoms with E-state index in [0.29, 0.717) is 5.92 Å². The lowest BCUT2D eigenvalue weighted by Crippen LogP contribution is -2.34. The zero-order chi connectivity index (χ0) is 10.8. The molecule has 4 heteroatoms. The number of hydrogen-bond acceptors (Lipinski definition) is 3. The Morgan fingerprint density at radius 2 is 2.40 bits per heavy atom. The topological polar surface area (TPSA) is 47.1 Å². The fraction of sp³-hybridized carbons (Fsp3) is 0.727. The summed E-state index contributed by atoms with van der Waals surface area (Å²) in [5.41, 5.74) is 6.96. The first-order valence-corrected chi connectivity index (χ1v) is 5.72. The van der Waals surface area contributed by atoms with E-state index >= 15 is 0 Å². The van der Waals surface area contributed by atoms with Crippen LogP contribution >= 0.6 is 0 Å². The smallest absolute Gasteiger partial charge is 0.121 e. The van der Waals surface area contributed by atoms with Crippen LogP contribution in [-0.4, -0.2) is 34.3 Å². The first-order valence-electron chi connectivity index (χ1n) is 5.72. The van der Waals surface area contributed by atoms with Crippen LogP contribution in [0.15, 0.2) is 6.07 Å². The minimum Gasteiger partial charge on any atom is -0.384 e. The van der Waals surface area contributed by atoms with Crippen LogP contribution in [-0.2, 0) is 7.05 Å². The van der Waals surface area contributed by atoms with Crippen LogP contribution in [0.25, 0.3) is 0 Å². The first-order chi connectivity index (χ1) is 7.20. The molecule has 0 saturated carbocycles. The van der Waals surface area contributed by atoms with E-state index in [1.807, 2.05) is 13.1 Å². The summed E-state index contributed by atoms with van der Waals surface area (Å²) in [4.78, 5) is 2.49. The molecule has 0 aliphatic carbocycles. The van der Waals surface area contributed by atoms with E-state index in [1.165, 1.54) is 19.4 Å². The van der Waals surface area contributed by atoms with Gasteiger partial charge in [0.15, 0.2) is 0 Å². The molecule has 2 rings (SSSR count). The summed E-state index contributed by atoms with van der Waals surface area (Å²) in [6, 6.07) is 2.02. The summed E-state index contributed by atoms with van der Waals surface area (Å²) in [5, 5.41) is 4.47. The quantitative estimate of drug-likeness (QED) is 0.794. The summed E-state index contributed by atoms with van der Waals surface area (Å²) in [6.45, 7) is 5.72. The lowest BCUT2D eigenvalue weighted by molar-refractivity contribution is 0.215. The molecule has 1 unspecified atom stereocenters. The van der Waals surface area contributed by atoms with E-state index in [1.54, 1.807) is 4.68 Å². The zero-order valence-corrected chi connectivity index (χ0v) is 9.61. The van der Waals surface area contributed by atoms with Crippen LogP contribution in [0.3, 0.4) is 0 Å². The minimum absolute atomic E-state index is 0.571. The van der Waals surface area contributed by atoms with Gasteiger partial charge in [-0.1, -0.05) is 6.92 Å². The number of anilines is 1. The van der Waals surface area contributed by atoms with Gasteiger partial charge in [0, 0.05) is 25.6 Å². The van der Waals surface area contributed by atoms with Gasteiger partial charge in [-0.15, -0.1) is 0 Å². The van der Waals surface area contributed by atoms with Crippen LogP contribution < -0.4 is 5.73 Å². The van der Waals surface area contributed by atoms with Gasteiger partial charge in [-0.05, 0) is 25.9 Å². The number of aromatic nitrogens is 2. The molecule has 4 nitrogen and oxygen atoms in total. The predicted octanol–water partition coefficient (Wildman–Crippen LogP) is 1.20. The van der Waals surface area contributed by atoms with Gasteiger partial charge >= 0.3 is 0 Å². The van der Waals surface area contributed by atoms with Gasteiger partial charge in [0.05, 0.1) is 5.69 Å². The Labute approximate surface area is 91.1 Å². The van der Waals surface area contributed by atoms with Gasteiger partial charge in [0.25, 0.3) is 0 Å². The average molecular weight is 208 g/mol. The van der Waals surface area contributed by atoms with E-state index in [2.05, 4.69) is 16.9 Å². The standard InChI is InChI=1S/C11H20N4/c1-3-15-6-4-5-9(8-15)10-7-11(12)14(2)13-10/h7,9H,3-6,8,12H2,1-2H3. The number of piperidine rings is 1. The summed E-state index contributed by atoms with van der Waals surface area (Å²) < 4.78 is 1.76. The highest BCUT2D eigenvalue weighted by Crippen LogP contribution is 2.26. The van der Waals surface area contributed by atoms with Crippen molar-refractivity contribution >= 4 is 5.82 Å². The van der Waals surface area contributed by atoms with Crippen molar-refractivity contribution in [2.45, 2.75) is 25.7 Å². The molecule has 2 heterocycles. The number of likely N-dealkylation sites (tertiary alicyclic amines) is 1. The number of likely N-dealkylation sites (N-methyl/N-ethyl adjacent to an activating group) is 1. The summed E-state index contributed by atoms with van der Waals surface area (Å²) in [5.74, 6) is 1.33. The molecule has 1 aromatic heterocycles. The van der Waals surface area contributed by atoms with Crippen molar-refractivity contribution in [2.75, 3.05) is 25.4 Å². The van der Waals surface area contributed by atoms with Gasteiger partial charge < -0.3 is 10.6 Å². The minimum atomic E-state index is 0.571. The maximum atomic E-state index is 5.80. The molecule has 1 atom stereocenters. The highest BCUT2D eigenvalue weighted by Gasteiger charge is 2.22. The Bertz CT molecular complexity index is 312. The third-order valence-corrected chi connectivity index (χ3v) is 3.31. The second-order valence-electron chi connectivity index (χ2n) is 4.35. The fourth-order valence-electron chi connectivity index (χ4n) is 2.29. The highest BCUT2D eigenvalue weighted by molar-refractivity contribution is 5.32. The molecule has 1 saturated heterocycles. The Morgan fingerprint density at radius 3 is 3.00 bits per heavy atom. The number of hydrogen-bond donors (Lipinski definition) is 1. The molecule has 1 aromatic rings. The third-order valence-electron chi connectivity index (χ3n) is 3.31. The van der Waals surface area contributed by atoms with Crippen LogP contribution in [0.2, 0.25) is 0 Å². The predicted molar refractivity (Wildman–Crippen MR) is 61.7 cm³/mol. The molecule has 0 amide bonds. The van der Waals surface area contributed by atoms with Crippen molar-refractivity contribution in [1.29, 1.82) is 0 Å². The van der Waals surface area contributed by atoms with Crippen LogP contribution in [0.4, 0.5) is 5.82 Å². The Hall–Kier alpha value is -1.03. The third kappa shape index (κ3) is 2.15. The van der Waals surface area contributed by atoms with Crippen LogP contribution in [0, 0.1) is 0 Å². The van der Waals surface area contributed by atoms with E-state index in [0.717, 1.165) is 24.6 Å². The van der Waals surface area contributed by atoms with Crippen molar-refractivity contribution < 1.29 is 0 Å². The summed E-state index contributed by atoms with van der Waals surface area (Å²) >= 11 is 0.